The number of carbonyl (C=O) groups is 2. The minimum Gasteiger partial charge on any atom is -0.342 e. The Morgan fingerprint density at radius 1 is 1.30 bits per heavy atom. The lowest BCUT2D eigenvalue weighted by Crippen LogP contribution is -2.43. The Morgan fingerprint density at radius 2 is 2.15 bits per heavy atom. The molecule has 1 aromatic carbocycles. The van der Waals surface area contributed by atoms with Gasteiger partial charge in [-0.2, -0.15) is 5.10 Å². The average Bonchev–Trinajstić information content (AvgIpc) is 2.69. The van der Waals surface area contributed by atoms with E-state index in [-0.39, 0.29) is 23.3 Å². The predicted molar refractivity (Wildman–Crippen MR) is 103 cm³/mol. The highest BCUT2D eigenvalue weighted by molar-refractivity contribution is 5.93. The van der Waals surface area contributed by atoms with Crippen molar-refractivity contribution in [3.8, 4) is 11.3 Å². The number of rotatable bonds is 5. The summed E-state index contributed by atoms with van der Waals surface area (Å²) in [6.45, 7) is 3.19. The van der Waals surface area contributed by atoms with Crippen molar-refractivity contribution in [3.05, 3.63) is 46.8 Å². The Balaban J connectivity index is 1.67. The molecular weight excluding hydrogens is 344 g/mol. The number of aromatic nitrogens is 2. The number of benzene rings is 1. The fraction of sp³-hybridized carbons (Fsp3) is 0.400. The number of amides is 2. The summed E-state index contributed by atoms with van der Waals surface area (Å²) in [4.78, 5) is 37.7. The zero-order valence-electron chi connectivity index (χ0n) is 15.4. The van der Waals surface area contributed by atoms with Crippen LogP contribution in [0.25, 0.3) is 11.3 Å². The molecule has 7 nitrogen and oxygen atoms in total. The quantitative estimate of drug-likeness (QED) is 0.847. The van der Waals surface area contributed by atoms with Crippen molar-refractivity contribution in [2.75, 3.05) is 18.4 Å². The van der Waals surface area contributed by atoms with E-state index in [9.17, 15) is 14.4 Å². The van der Waals surface area contributed by atoms with Gasteiger partial charge in [0.05, 0.1) is 11.6 Å². The van der Waals surface area contributed by atoms with Crippen molar-refractivity contribution in [1.82, 2.24) is 15.1 Å². The maximum atomic E-state index is 12.7. The highest BCUT2D eigenvalue weighted by Gasteiger charge is 2.28. The van der Waals surface area contributed by atoms with Crippen LogP contribution in [0.3, 0.4) is 0 Å². The van der Waals surface area contributed by atoms with E-state index in [0.717, 1.165) is 31.4 Å². The second kappa shape index (κ2) is 8.62. The van der Waals surface area contributed by atoms with Crippen LogP contribution in [0.15, 0.2) is 41.2 Å². The van der Waals surface area contributed by atoms with E-state index >= 15 is 0 Å². The summed E-state index contributed by atoms with van der Waals surface area (Å²) >= 11 is 0. The zero-order chi connectivity index (χ0) is 19.2. The first-order valence-corrected chi connectivity index (χ1v) is 9.31. The van der Waals surface area contributed by atoms with E-state index in [0.29, 0.717) is 24.3 Å². The van der Waals surface area contributed by atoms with Gasteiger partial charge in [0.15, 0.2) is 0 Å². The Kier molecular flexibility index (Phi) is 6.01. The first-order valence-electron chi connectivity index (χ1n) is 9.31. The van der Waals surface area contributed by atoms with Crippen LogP contribution in [0.1, 0.15) is 32.6 Å². The largest absolute Gasteiger partial charge is 0.342 e. The minimum absolute atomic E-state index is 0.0735. The molecule has 1 aliphatic rings. The zero-order valence-corrected chi connectivity index (χ0v) is 15.4. The topological polar surface area (TPSA) is 95.2 Å². The Morgan fingerprint density at radius 3 is 2.89 bits per heavy atom. The molecule has 3 rings (SSSR count). The third-order valence-electron chi connectivity index (χ3n) is 4.71. The van der Waals surface area contributed by atoms with Gasteiger partial charge in [-0.3, -0.25) is 14.4 Å². The molecule has 0 spiro atoms. The van der Waals surface area contributed by atoms with Crippen molar-refractivity contribution < 1.29 is 9.59 Å². The van der Waals surface area contributed by atoms with Crippen LogP contribution in [-0.2, 0) is 9.59 Å². The van der Waals surface area contributed by atoms with Crippen LogP contribution < -0.4 is 10.9 Å². The van der Waals surface area contributed by atoms with Gasteiger partial charge in [0, 0.05) is 36.8 Å². The first-order chi connectivity index (χ1) is 13.1. The number of piperidine rings is 1. The number of carbonyl (C=O) groups excluding carboxylic acids is 2. The van der Waals surface area contributed by atoms with Crippen molar-refractivity contribution in [3.63, 3.8) is 0 Å². The Hall–Kier alpha value is -2.96. The Bertz CT molecular complexity index is 857. The number of anilines is 1. The van der Waals surface area contributed by atoms with Crippen LogP contribution >= 0.6 is 0 Å². The number of nitrogens with one attached hydrogen (secondary N) is 2. The lowest BCUT2D eigenvalue weighted by molar-refractivity contribution is -0.134. The molecule has 1 aliphatic heterocycles. The minimum atomic E-state index is -0.261. The van der Waals surface area contributed by atoms with Gasteiger partial charge in [0.1, 0.15) is 0 Å². The van der Waals surface area contributed by atoms with Gasteiger partial charge in [0.25, 0.3) is 5.56 Å². The van der Waals surface area contributed by atoms with Gasteiger partial charge in [0.2, 0.25) is 11.8 Å². The highest BCUT2D eigenvalue weighted by atomic mass is 16.2. The SMILES string of the molecule is CCCC(=O)N1CCCC(C(=O)Nc2cccc(-c3ccc(=O)[nH]n3)c2)C1. The smallest absolute Gasteiger partial charge is 0.264 e. The van der Waals surface area contributed by atoms with Crippen molar-refractivity contribution in [2.45, 2.75) is 32.6 Å². The molecule has 7 heteroatoms. The van der Waals surface area contributed by atoms with E-state index in [1.54, 1.807) is 11.0 Å². The Labute approximate surface area is 157 Å². The molecule has 1 saturated heterocycles. The van der Waals surface area contributed by atoms with Crippen LogP contribution in [0, 0.1) is 5.92 Å². The van der Waals surface area contributed by atoms with E-state index in [2.05, 4.69) is 15.5 Å². The fourth-order valence-corrected chi connectivity index (χ4v) is 3.30. The summed E-state index contributed by atoms with van der Waals surface area (Å²) in [7, 11) is 0. The maximum absolute atomic E-state index is 12.7. The van der Waals surface area contributed by atoms with Crippen LogP contribution in [0.4, 0.5) is 5.69 Å². The van der Waals surface area contributed by atoms with Crippen LogP contribution in [-0.4, -0.2) is 40.0 Å². The average molecular weight is 368 g/mol. The van der Waals surface area contributed by atoms with E-state index in [1.807, 2.05) is 31.2 Å². The van der Waals surface area contributed by atoms with Gasteiger partial charge in [-0.15, -0.1) is 0 Å². The first kappa shape index (κ1) is 18.8. The van der Waals surface area contributed by atoms with Gasteiger partial charge in [-0.1, -0.05) is 19.1 Å². The molecule has 2 N–H and O–H groups in total. The van der Waals surface area contributed by atoms with Gasteiger partial charge < -0.3 is 10.2 Å². The van der Waals surface area contributed by atoms with Gasteiger partial charge in [-0.05, 0) is 37.5 Å². The number of aromatic amines is 1. The molecule has 2 aromatic rings. The normalized spacial score (nSPS) is 16.8. The number of hydrogen-bond donors (Lipinski definition) is 2. The number of likely N-dealkylation sites (tertiary alicyclic amines) is 1. The number of nitrogens with zero attached hydrogens (tertiary/aromatic N) is 2. The molecule has 0 aliphatic carbocycles. The fourth-order valence-electron chi connectivity index (χ4n) is 3.30. The van der Waals surface area contributed by atoms with Gasteiger partial charge in [-0.25, -0.2) is 5.10 Å². The summed E-state index contributed by atoms with van der Waals surface area (Å²) in [5.41, 5.74) is 1.83. The monoisotopic (exact) mass is 368 g/mol. The van der Waals surface area contributed by atoms with E-state index in [1.165, 1.54) is 6.07 Å². The van der Waals surface area contributed by atoms with Crippen molar-refractivity contribution >= 4 is 17.5 Å². The van der Waals surface area contributed by atoms with Crippen LogP contribution in [0.5, 0.6) is 0 Å². The van der Waals surface area contributed by atoms with Crippen molar-refractivity contribution in [2.24, 2.45) is 5.92 Å². The predicted octanol–water partition coefficient (Wildman–Crippen LogP) is 2.41. The summed E-state index contributed by atoms with van der Waals surface area (Å²) in [5, 5.41) is 9.36. The lowest BCUT2D eigenvalue weighted by Gasteiger charge is -2.32. The molecule has 1 unspecified atom stereocenters. The third-order valence-corrected chi connectivity index (χ3v) is 4.71. The van der Waals surface area contributed by atoms with E-state index in [4.69, 9.17) is 0 Å². The standard InChI is InChI=1S/C20H24N4O3/c1-2-5-19(26)24-11-4-7-15(13-24)20(27)21-16-8-3-6-14(12-16)17-9-10-18(25)23-22-17/h3,6,8-10,12,15H,2,4-5,7,11,13H2,1H3,(H,21,27)(H,23,25). The molecule has 0 saturated carbocycles. The molecule has 1 fully saturated rings. The summed E-state index contributed by atoms with van der Waals surface area (Å²) in [5.74, 6) is -0.147. The van der Waals surface area contributed by atoms with Gasteiger partial charge >= 0.3 is 0 Å². The molecule has 2 heterocycles. The lowest BCUT2D eigenvalue weighted by atomic mass is 9.96. The molecule has 0 radical (unpaired) electrons. The maximum Gasteiger partial charge on any atom is 0.264 e. The summed E-state index contributed by atoms with van der Waals surface area (Å²) in [6, 6.07) is 10.4. The number of H-pyrrole nitrogens is 1. The third kappa shape index (κ3) is 4.81. The summed E-state index contributed by atoms with van der Waals surface area (Å²) < 4.78 is 0. The van der Waals surface area contributed by atoms with Crippen LogP contribution in [0.2, 0.25) is 0 Å². The second-order valence-electron chi connectivity index (χ2n) is 6.81. The summed E-state index contributed by atoms with van der Waals surface area (Å²) in [6.07, 6.45) is 2.97. The molecule has 1 atom stereocenters. The molecule has 142 valence electrons. The molecule has 27 heavy (non-hydrogen) atoms. The molecule has 2 amide bonds. The molecule has 1 aromatic heterocycles. The highest BCUT2D eigenvalue weighted by Crippen LogP contribution is 2.22. The van der Waals surface area contributed by atoms with E-state index < -0.39 is 0 Å². The second-order valence-corrected chi connectivity index (χ2v) is 6.81. The number of hydrogen-bond acceptors (Lipinski definition) is 4. The molecular formula is C20H24N4O3. The molecule has 0 bridgehead atoms. The van der Waals surface area contributed by atoms with Crippen molar-refractivity contribution in [1.29, 1.82) is 0 Å².